The Morgan fingerprint density at radius 2 is 2.04 bits per heavy atom. The zero-order valence-corrected chi connectivity index (χ0v) is 14.9. The second-order valence-corrected chi connectivity index (χ2v) is 7.97. The first-order chi connectivity index (χ1) is 11.6. The molecule has 24 heavy (non-hydrogen) atoms. The maximum atomic E-state index is 12.5. The lowest BCUT2D eigenvalue weighted by Crippen LogP contribution is -2.49. The predicted octanol–water partition coefficient (Wildman–Crippen LogP) is 2.84. The molecule has 2 aliphatic rings. The van der Waals surface area contributed by atoms with Crippen molar-refractivity contribution in [3.05, 3.63) is 33.6 Å². The molecule has 4 rings (SSSR count). The third-order valence-electron chi connectivity index (χ3n) is 4.86. The van der Waals surface area contributed by atoms with Crippen LogP contribution in [0.2, 0.25) is 0 Å². The largest absolute Gasteiger partial charge is 0.338 e. The van der Waals surface area contributed by atoms with Crippen LogP contribution in [0.4, 0.5) is 0 Å². The molecule has 0 bridgehead atoms. The summed E-state index contributed by atoms with van der Waals surface area (Å²) >= 11 is 1.57. The molecule has 2 fully saturated rings. The molecule has 3 heterocycles. The average Bonchev–Trinajstić information content (AvgIpc) is 3.17. The number of hydrogen-bond donors (Lipinski definition) is 0. The highest BCUT2D eigenvalue weighted by Gasteiger charge is 2.32. The summed E-state index contributed by atoms with van der Waals surface area (Å²) in [6, 6.07) is 4.03. The topological polar surface area (TPSA) is 62.5 Å². The molecule has 6 nitrogen and oxygen atoms in total. The van der Waals surface area contributed by atoms with E-state index in [1.165, 1.54) is 17.7 Å². The Morgan fingerprint density at radius 3 is 2.67 bits per heavy atom. The fourth-order valence-electron chi connectivity index (χ4n) is 3.10. The van der Waals surface area contributed by atoms with Gasteiger partial charge in [-0.1, -0.05) is 5.16 Å². The molecule has 1 saturated carbocycles. The molecule has 1 amide bonds. The van der Waals surface area contributed by atoms with Crippen LogP contribution in [0.3, 0.4) is 0 Å². The van der Waals surface area contributed by atoms with Crippen molar-refractivity contribution in [3.8, 4) is 0 Å². The smallest absolute Gasteiger partial charge is 0.264 e. The number of nitrogens with zero attached hydrogens (tertiary/aromatic N) is 4. The summed E-state index contributed by atoms with van der Waals surface area (Å²) in [5.41, 5.74) is 0. The number of piperazine rings is 1. The van der Waals surface area contributed by atoms with E-state index in [1.54, 1.807) is 11.3 Å². The van der Waals surface area contributed by atoms with Crippen LogP contribution >= 0.6 is 11.3 Å². The molecule has 1 atom stereocenters. The molecule has 7 heteroatoms. The first-order valence-corrected chi connectivity index (χ1v) is 9.36. The van der Waals surface area contributed by atoms with Gasteiger partial charge in [0, 0.05) is 37.0 Å². The Hall–Kier alpha value is -1.73. The van der Waals surface area contributed by atoms with Crippen LogP contribution in [-0.2, 0) is 0 Å². The molecular weight excluding hydrogens is 324 g/mol. The Morgan fingerprint density at radius 1 is 1.29 bits per heavy atom. The van der Waals surface area contributed by atoms with Crippen LogP contribution in [0.25, 0.3) is 0 Å². The van der Waals surface area contributed by atoms with Gasteiger partial charge >= 0.3 is 0 Å². The van der Waals surface area contributed by atoms with E-state index in [0.29, 0.717) is 11.8 Å². The summed E-state index contributed by atoms with van der Waals surface area (Å²) in [5.74, 6) is 2.22. The summed E-state index contributed by atoms with van der Waals surface area (Å²) in [7, 11) is 0. The Balaban J connectivity index is 1.35. The second-order valence-electron chi connectivity index (χ2n) is 6.68. The van der Waals surface area contributed by atoms with Gasteiger partial charge in [0.2, 0.25) is 5.89 Å². The van der Waals surface area contributed by atoms with Gasteiger partial charge in [-0.15, -0.1) is 11.3 Å². The van der Waals surface area contributed by atoms with E-state index in [9.17, 15) is 4.79 Å². The molecule has 128 valence electrons. The third kappa shape index (κ3) is 3.10. The van der Waals surface area contributed by atoms with Gasteiger partial charge in [-0.05, 0) is 38.8 Å². The lowest BCUT2D eigenvalue weighted by molar-refractivity contribution is 0.0556. The molecule has 0 radical (unpaired) electrons. The number of hydrogen-bond acceptors (Lipinski definition) is 6. The van der Waals surface area contributed by atoms with Crippen LogP contribution < -0.4 is 0 Å². The van der Waals surface area contributed by atoms with E-state index in [-0.39, 0.29) is 11.9 Å². The number of aromatic nitrogens is 2. The van der Waals surface area contributed by atoms with Gasteiger partial charge in [0.25, 0.3) is 5.91 Å². The van der Waals surface area contributed by atoms with E-state index in [0.717, 1.165) is 36.9 Å². The van der Waals surface area contributed by atoms with Crippen molar-refractivity contribution in [2.45, 2.75) is 38.6 Å². The van der Waals surface area contributed by atoms with Crippen molar-refractivity contribution in [2.24, 2.45) is 0 Å². The minimum Gasteiger partial charge on any atom is -0.338 e. The minimum absolute atomic E-state index is 0.103. The molecule has 0 spiro atoms. The molecule has 2 aromatic rings. The third-order valence-corrected chi connectivity index (χ3v) is 5.85. The average molecular weight is 346 g/mol. The number of thiophene rings is 1. The first-order valence-electron chi connectivity index (χ1n) is 8.55. The van der Waals surface area contributed by atoms with Crippen LogP contribution in [0.5, 0.6) is 0 Å². The van der Waals surface area contributed by atoms with Gasteiger partial charge < -0.3 is 9.42 Å². The molecule has 0 N–H and O–H groups in total. The van der Waals surface area contributed by atoms with E-state index >= 15 is 0 Å². The van der Waals surface area contributed by atoms with Gasteiger partial charge in [-0.3, -0.25) is 9.69 Å². The first kappa shape index (κ1) is 15.8. The number of amides is 1. The lowest BCUT2D eigenvalue weighted by atomic mass is 10.2. The molecule has 1 aliphatic heterocycles. The van der Waals surface area contributed by atoms with Gasteiger partial charge in [-0.25, -0.2) is 0 Å². The van der Waals surface area contributed by atoms with Crippen LogP contribution in [0, 0.1) is 6.92 Å². The van der Waals surface area contributed by atoms with Crippen molar-refractivity contribution >= 4 is 17.2 Å². The number of aryl methyl sites for hydroxylation is 1. The van der Waals surface area contributed by atoms with Crippen molar-refractivity contribution in [1.82, 2.24) is 19.9 Å². The van der Waals surface area contributed by atoms with Crippen LogP contribution in [-0.4, -0.2) is 52.0 Å². The van der Waals surface area contributed by atoms with Crippen molar-refractivity contribution in [1.29, 1.82) is 0 Å². The maximum absolute atomic E-state index is 12.5. The zero-order valence-electron chi connectivity index (χ0n) is 14.1. The van der Waals surface area contributed by atoms with Gasteiger partial charge in [0.15, 0.2) is 5.82 Å². The van der Waals surface area contributed by atoms with Gasteiger partial charge in [0.1, 0.15) is 0 Å². The number of carbonyl (C=O) groups is 1. The van der Waals surface area contributed by atoms with Crippen LogP contribution in [0.15, 0.2) is 16.7 Å². The number of carbonyl (C=O) groups excluding carboxylic acids is 1. The molecule has 2 aromatic heterocycles. The molecule has 1 aliphatic carbocycles. The summed E-state index contributed by atoms with van der Waals surface area (Å²) in [4.78, 5) is 23.3. The Kier molecular flexibility index (Phi) is 4.14. The number of rotatable bonds is 4. The van der Waals surface area contributed by atoms with Gasteiger partial charge in [-0.2, -0.15) is 4.98 Å². The molecule has 1 saturated heterocycles. The van der Waals surface area contributed by atoms with E-state index in [4.69, 9.17) is 4.52 Å². The van der Waals surface area contributed by atoms with E-state index in [2.05, 4.69) is 22.0 Å². The summed E-state index contributed by atoms with van der Waals surface area (Å²) in [5, 5.41) is 4.10. The van der Waals surface area contributed by atoms with Crippen molar-refractivity contribution in [2.75, 3.05) is 26.2 Å². The fraction of sp³-hybridized carbons (Fsp3) is 0.588. The highest BCUT2D eigenvalue weighted by Crippen LogP contribution is 2.38. The van der Waals surface area contributed by atoms with Gasteiger partial charge in [0.05, 0.1) is 10.9 Å². The summed E-state index contributed by atoms with van der Waals surface area (Å²) in [6.07, 6.45) is 2.35. The molecule has 1 unspecified atom stereocenters. The fourth-order valence-corrected chi connectivity index (χ4v) is 3.93. The zero-order chi connectivity index (χ0) is 16.7. The molecular formula is C17H22N4O2S. The van der Waals surface area contributed by atoms with E-state index in [1.807, 2.05) is 24.0 Å². The minimum atomic E-state index is 0.103. The standard InChI is InChI=1S/C17H22N4O2S/c1-11-3-6-14(24-11)17(22)21-9-7-20(8-10-21)12(2)16-18-15(19-23-16)13-4-5-13/h3,6,12-13H,4-5,7-10H2,1-2H3. The predicted molar refractivity (Wildman–Crippen MR) is 91.2 cm³/mol. The highest BCUT2D eigenvalue weighted by molar-refractivity contribution is 7.13. The maximum Gasteiger partial charge on any atom is 0.264 e. The normalized spacial score (nSPS) is 20.3. The quantitative estimate of drug-likeness (QED) is 0.852. The lowest BCUT2D eigenvalue weighted by Gasteiger charge is -2.36. The van der Waals surface area contributed by atoms with Crippen molar-refractivity contribution in [3.63, 3.8) is 0 Å². The Bertz CT molecular complexity index is 729. The summed E-state index contributed by atoms with van der Waals surface area (Å²) < 4.78 is 5.45. The van der Waals surface area contributed by atoms with E-state index < -0.39 is 0 Å². The highest BCUT2D eigenvalue weighted by atomic mass is 32.1. The Labute approximate surface area is 145 Å². The SMILES string of the molecule is Cc1ccc(C(=O)N2CCN(C(C)c3nc(C4CC4)no3)CC2)s1. The molecule has 0 aromatic carbocycles. The summed E-state index contributed by atoms with van der Waals surface area (Å²) in [6.45, 7) is 7.27. The second kappa shape index (κ2) is 6.29. The van der Waals surface area contributed by atoms with Crippen molar-refractivity contribution < 1.29 is 9.32 Å². The van der Waals surface area contributed by atoms with Crippen LogP contribution in [0.1, 0.15) is 58.0 Å². The monoisotopic (exact) mass is 346 g/mol.